The van der Waals surface area contributed by atoms with E-state index in [2.05, 4.69) is 4.72 Å². The third-order valence-electron chi connectivity index (χ3n) is 3.90. The quantitative estimate of drug-likeness (QED) is 0.549. The maximum atomic E-state index is 12.6. The summed E-state index contributed by atoms with van der Waals surface area (Å²) in [5.41, 5.74) is 1.76. The van der Waals surface area contributed by atoms with Gasteiger partial charge in [0.1, 0.15) is 0 Å². The van der Waals surface area contributed by atoms with Crippen LogP contribution in [0.5, 0.6) is 0 Å². The van der Waals surface area contributed by atoms with Gasteiger partial charge in [-0.05, 0) is 47.0 Å². The Balaban J connectivity index is 1.95. The molecule has 3 rings (SSSR count). The van der Waals surface area contributed by atoms with Crippen LogP contribution in [-0.2, 0) is 15.8 Å². The summed E-state index contributed by atoms with van der Waals surface area (Å²) < 4.78 is 27.6. The van der Waals surface area contributed by atoms with Crippen molar-refractivity contribution in [3.8, 4) is 11.1 Å². The number of halogens is 2. The minimum absolute atomic E-state index is 0.0121. The maximum Gasteiger partial charge on any atom is 0.337 e. The topological polar surface area (TPSA) is 83.5 Å². The highest BCUT2D eigenvalue weighted by molar-refractivity contribution is 7.91. The molecule has 0 saturated heterocycles. The van der Waals surface area contributed by atoms with E-state index in [9.17, 15) is 18.3 Å². The average Bonchev–Trinajstić information content (AvgIpc) is 2.60. The van der Waals surface area contributed by atoms with Gasteiger partial charge >= 0.3 is 5.97 Å². The second-order valence-corrected chi connectivity index (χ2v) is 8.67. The highest BCUT2D eigenvalue weighted by atomic mass is 35.5. The van der Waals surface area contributed by atoms with Crippen LogP contribution in [0.1, 0.15) is 15.9 Å². The molecule has 0 bridgehead atoms. The Bertz CT molecular complexity index is 1110. The molecule has 0 aromatic heterocycles. The molecule has 0 heterocycles. The molecule has 0 spiro atoms. The minimum atomic E-state index is -3.91. The van der Waals surface area contributed by atoms with E-state index in [4.69, 9.17) is 23.2 Å². The van der Waals surface area contributed by atoms with E-state index < -0.39 is 21.7 Å². The summed E-state index contributed by atoms with van der Waals surface area (Å²) in [6.07, 6.45) is 0. The Hall–Kier alpha value is -2.54. The number of nitrogens with one attached hydrogen (secondary N) is 1. The largest absolute Gasteiger partial charge is 0.478 e. The third kappa shape index (κ3) is 5.04. The molecule has 3 aromatic rings. The van der Waals surface area contributed by atoms with E-state index in [1.165, 1.54) is 30.3 Å². The Morgan fingerprint density at radius 3 is 2.14 bits per heavy atom. The predicted molar refractivity (Wildman–Crippen MR) is 112 cm³/mol. The van der Waals surface area contributed by atoms with Crippen LogP contribution in [0.4, 0.5) is 5.69 Å². The lowest BCUT2D eigenvalue weighted by molar-refractivity contribution is 0.0698. The summed E-state index contributed by atoms with van der Waals surface area (Å²) in [5.74, 6) is -1.63. The third-order valence-corrected chi connectivity index (χ3v) is 5.58. The average molecular weight is 436 g/mol. The summed E-state index contributed by atoms with van der Waals surface area (Å²) >= 11 is 11.8. The van der Waals surface area contributed by atoms with Crippen molar-refractivity contribution < 1.29 is 18.3 Å². The molecule has 2 N–H and O–H groups in total. The first kappa shape index (κ1) is 20.2. The maximum absolute atomic E-state index is 12.6. The van der Waals surface area contributed by atoms with Gasteiger partial charge in [-0.3, -0.25) is 4.72 Å². The molecule has 0 saturated carbocycles. The van der Waals surface area contributed by atoms with Crippen molar-refractivity contribution in [3.63, 3.8) is 0 Å². The summed E-state index contributed by atoms with van der Waals surface area (Å²) in [7, 11) is -3.91. The second-order valence-electron chi connectivity index (χ2n) is 6.07. The van der Waals surface area contributed by atoms with Gasteiger partial charge in [0, 0.05) is 10.0 Å². The van der Waals surface area contributed by atoms with Crippen LogP contribution in [0, 0.1) is 0 Å². The van der Waals surface area contributed by atoms with Gasteiger partial charge in [-0.25, -0.2) is 13.2 Å². The van der Waals surface area contributed by atoms with Gasteiger partial charge in [0.05, 0.1) is 17.0 Å². The van der Waals surface area contributed by atoms with Crippen LogP contribution in [-0.4, -0.2) is 19.5 Å². The number of rotatable bonds is 6. The van der Waals surface area contributed by atoms with Gasteiger partial charge in [-0.15, -0.1) is 0 Å². The molecule has 28 heavy (non-hydrogen) atoms. The SMILES string of the molecule is O=C(O)c1ccc(-c2ccccc2)cc1NS(=O)(=O)Cc1cc(Cl)cc(Cl)c1. The molecule has 0 aliphatic carbocycles. The predicted octanol–water partition coefficient (Wildman–Crippen LogP) is 5.30. The molecule has 0 aliphatic rings. The monoisotopic (exact) mass is 435 g/mol. The summed E-state index contributed by atoms with van der Waals surface area (Å²) in [6.45, 7) is 0. The number of aromatic carboxylic acids is 1. The summed E-state index contributed by atoms with van der Waals surface area (Å²) in [5, 5.41) is 10.0. The van der Waals surface area contributed by atoms with Crippen LogP contribution in [0.15, 0.2) is 66.7 Å². The zero-order valence-electron chi connectivity index (χ0n) is 14.4. The van der Waals surface area contributed by atoms with Gasteiger partial charge in [0.2, 0.25) is 10.0 Å². The molecular weight excluding hydrogens is 421 g/mol. The summed E-state index contributed by atoms with van der Waals surface area (Å²) in [4.78, 5) is 11.5. The first-order valence-corrected chi connectivity index (χ1v) is 10.5. The highest BCUT2D eigenvalue weighted by Gasteiger charge is 2.18. The Morgan fingerprint density at radius 2 is 1.54 bits per heavy atom. The molecule has 3 aromatic carbocycles. The van der Waals surface area contributed by atoms with Crippen LogP contribution in [0.3, 0.4) is 0 Å². The number of carboxylic acids is 1. The van der Waals surface area contributed by atoms with E-state index in [1.54, 1.807) is 6.07 Å². The molecule has 8 heteroatoms. The van der Waals surface area contributed by atoms with Crippen molar-refractivity contribution in [1.29, 1.82) is 0 Å². The smallest absolute Gasteiger partial charge is 0.337 e. The zero-order valence-corrected chi connectivity index (χ0v) is 16.7. The molecule has 0 amide bonds. The molecule has 0 fully saturated rings. The number of anilines is 1. The fourth-order valence-electron chi connectivity index (χ4n) is 2.74. The molecular formula is C20H15Cl2NO4S. The standard InChI is InChI=1S/C20H15Cl2NO4S/c21-16-8-13(9-17(22)11-16)12-28(26,27)23-19-10-15(6-7-18(19)20(24)25)14-4-2-1-3-5-14/h1-11,23H,12H2,(H,24,25). The first-order valence-electron chi connectivity index (χ1n) is 8.12. The Labute approximate surface area is 172 Å². The molecule has 0 atom stereocenters. The van der Waals surface area contributed by atoms with Crippen LogP contribution in [0.25, 0.3) is 11.1 Å². The number of hydrogen-bond acceptors (Lipinski definition) is 3. The molecule has 0 unspecified atom stereocenters. The fourth-order valence-corrected chi connectivity index (χ4v) is 4.50. The summed E-state index contributed by atoms with van der Waals surface area (Å²) in [6, 6.07) is 18.2. The van der Waals surface area contributed by atoms with Gasteiger partial charge in [-0.2, -0.15) is 0 Å². The van der Waals surface area contributed by atoms with Crippen LogP contribution in [0.2, 0.25) is 10.0 Å². The molecule has 0 radical (unpaired) electrons. The van der Waals surface area contributed by atoms with E-state index in [0.717, 1.165) is 5.56 Å². The molecule has 0 aliphatic heterocycles. The molecule has 144 valence electrons. The number of benzene rings is 3. The fraction of sp³-hybridized carbons (Fsp3) is 0.0500. The zero-order chi connectivity index (χ0) is 20.3. The normalized spacial score (nSPS) is 11.2. The van der Waals surface area contributed by atoms with Gasteiger partial charge < -0.3 is 5.11 Å². The van der Waals surface area contributed by atoms with Crippen molar-refractivity contribution in [2.75, 3.05) is 4.72 Å². The van der Waals surface area contributed by atoms with Crippen molar-refractivity contribution >= 4 is 44.9 Å². The lowest BCUT2D eigenvalue weighted by Gasteiger charge is -2.13. The second kappa shape index (κ2) is 8.22. The first-order chi connectivity index (χ1) is 13.2. The Kier molecular flexibility index (Phi) is 5.93. The van der Waals surface area contributed by atoms with E-state index in [1.807, 2.05) is 30.3 Å². The van der Waals surface area contributed by atoms with Gasteiger partial charge in [0.25, 0.3) is 0 Å². The number of carboxylic acid groups (broad SMARTS) is 1. The number of carbonyl (C=O) groups is 1. The number of sulfonamides is 1. The lowest BCUT2D eigenvalue weighted by atomic mass is 10.0. The van der Waals surface area contributed by atoms with Crippen LogP contribution < -0.4 is 4.72 Å². The minimum Gasteiger partial charge on any atom is -0.478 e. The van der Waals surface area contributed by atoms with E-state index >= 15 is 0 Å². The molecule has 5 nitrogen and oxygen atoms in total. The highest BCUT2D eigenvalue weighted by Crippen LogP contribution is 2.28. The number of hydrogen-bond donors (Lipinski definition) is 2. The van der Waals surface area contributed by atoms with Crippen LogP contribution >= 0.6 is 23.2 Å². The van der Waals surface area contributed by atoms with E-state index in [0.29, 0.717) is 21.2 Å². The van der Waals surface area contributed by atoms with Crippen molar-refractivity contribution in [2.24, 2.45) is 0 Å². The van der Waals surface area contributed by atoms with Gasteiger partial charge in [0.15, 0.2) is 0 Å². The van der Waals surface area contributed by atoms with E-state index in [-0.39, 0.29) is 11.3 Å². The van der Waals surface area contributed by atoms with Gasteiger partial charge in [-0.1, -0.05) is 59.6 Å². The van der Waals surface area contributed by atoms with Crippen molar-refractivity contribution in [3.05, 3.63) is 87.9 Å². The lowest BCUT2D eigenvalue weighted by Crippen LogP contribution is -2.17. The Morgan fingerprint density at radius 1 is 0.893 bits per heavy atom. The van der Waals surface area contributed by atoms with Crippen molar-refractivity contribution in [2.45, 2.75) is 5.75 Å². The van der Waals surface area contributed by atoms with Crippen molar-refractivity contribution in [1.82, 2.24) is 0 Å².